The highest BCUT2D eigenvalue weighted by molar-refractivity contribution is 5.74. The molecule has 4 heterocycles. The molecule has 0 saturated carbocycles. The molecule has 2 atom stereocenters. The molecular formula is C19H29N5O. The van der Waals surface area contributed by atoms with Gasteiger partial charge in [-0.2, -0.15) is 0 Å². The molecule has 0 aromatic carbocycles. The number of pyridine rings is 1. The van der Waals surface area contributed by atoms with E-state index < -0.39 is 0 Å². The minimum atomic E-state index is -0.0546. The first-order valence-electron chi connectivity index (χ1n) is 9.78. The van der Waals surface area contributed by atoms with Crippen LogP contribution in [0.15, 0.2) is 18.3 Å². The second-order valence-electron chi connectivity index (χ2n) is 7.54. The van der Waals surface area contributed by atoms with E-state index in [1.807, 2.05) is 6.20 Å². The summed E-state index contributed by atoms with van der Waals surface area (Å²) in [5.74, 6) is 1.05. The predicted molar refractivity (Wildman–Crippen MR) is 98.7 cm³/mol. The van der Waals surface area contributed by atoms with Crippen LogP contribution in [-0.2, 0) is 6.54 Å². The van der Waals surface area contributed by atoms with E-state index in [2.05, 4.69) is 37.6 Å². The number of hydrogen-bond acceptors (Lipinski definition) is 4. The summed E-state index contributed by atoms with van der Waals surface area (Å²) < 4.78 is 0. The summed E-state index contributed by atoms with van der Waals surface area (Å²) in [4.78, 5) is 21.7. The highest BCUT2D eigenvalue weighted by atomic mass is 16.2. The second kappa shape index (κ2) is 7.60. The van der Waals surface area contributed by atoms with Crippen molar-refractivity contribution in [2.75, 3.05) is 31.1 Å². The van der Waals surface area contributed by atoms with Gasteiger partial charge in [0.15, 0.2) is 0 Å². The Morgan fingerprint density at radius 1 is 1.08 bits per heavy atom. The van der Waals surface area contributed by atoms with Crippen molar-refractivity contribution in [1.82, 2.24) is 20.5 Å². The number of urea groups is 1. The Hall–Kier alpha value is -1.82. The summed E-state index contributed by atoms with van der Waals surface area (Å²) in [5.41, 5.74) is 1.05. The number of nitrogens with zero attached hydrogens (tertiary/aromatic N) is 3. The Bertz CT molecular complexity index is 584. The van der Waals surface area contributed by atoms with Crippen LogP contribution < -0.4 is 15.5 Å². The number of hydrogen-bond donors (Lipinski definition) is 2. The zero-order valence-electron chi connectivity index (χ0n) is 14.9. The topological polar surface area (TPSA) is 60.5 Å². The Morgan fingerprint density at radius 3 is 2.72 bits per heavy atom. The summed E-state index contributed by atoms with van der Waals surface area (Å²) in [6.07, 6.45) is 9.27. The van der Waals surface area contributed by atoms with Crippen molar-refractivity contribution in [3.8, 4) is 0 Å². The lowest BCUT2D eigenvalue weighted by Gasteiger charge is -2.32. The van der Waals surface area contributed by atoms with Crippen molar-refractivity contribution in [3.63, 3.8) is 0 Å². The van der Waals surface area contributed by atoms with Crippen molar-refractivity contribution in [1.29, 1.82) is 0 Å². The molecule has 1 aromatic rings. The van der Waals surface area contributed by atoms with Gasteiger partial charge in [0.05, 0.1) is 0 Å². The van der Waals surface area contributed by atoms with Crippen molar-refractivity contribution >= 4 is 11.8 Å². The molecule has 3 aliphatic heterocycles. The van der Waals surface area contributed by atoms with E-state index in [-0.39, 0.29) is 6.03 Å². The average Bonchev–Trinajstić information content (AvgIpc) is 3.31. The number of aromatic nitrogens is 1. The molecule has 6 heteroatoms. The maximum atomic E-state index is 12.3. The average molecular weight is 343 g/mol. The molecule has 0 aliphatic carbocycles. The van der Waals surface area contributed by atoms with Crippen LogP contribution >= 0.6 is 0 Å². The quantitative estimate of drug-likeness (QED) is 0.879. The van der Waals surface area contributed by atoms with Gasteiger partial charge in [-0.15, -0.1) is 0 Å². The Morgan fingerprint density at radius 2 is 1.92 bits per heavy atom. The summed E-state index contributed by atoms with van der Waals surface area (Å²) in [7, 11) is 0. The standard InChI is InChI=1S/C19H29N5O/c25-19(22-16-8-12-23-9-2-1-5-17(16)23)21-14-15-6-7-18(20-13-15)24-10-3-4-11-24/h6-7,13,16-17H,1-5,8-12,14H2,(H2,21,22,25)/t16-,17+/m1/s1. The molecule has 0 radical (unpaired) electrons. The highest BCUT2D eigenvalue weighted by Gasteiger charge is 2.36. The van der Waals surface area contributed by atoms with E-state index in [0.717, 1.165) is 37.4 Å². The van der Waals surface area contributed by atoms with E-state index in [1.54, 1.807) is 0 Å². The van der Waals surface area contributed by atoms with Gasteiger partial charge in [-0.25, -0.2) is 9.78 Å². The molecule has 4 rings (SSSR count). The van der Waals surface area contributed by atoms with Gasteiger partial charge in [0.2, 0.25) is 0 Å². The number of carbonyl (C=O) groups excluding carboxylic acids is 1. The largest absolute Gasteiger partial charge is 0.357 e. The molecule has 0 unspecified atom stereocenters. The Balaban J connectivity index is 1.24. The van der Waals surface area contributed by atoms with E-state index >= 15 is 0 Å². The third-order valence-electron chi connectivity index (χ3n) is 5.86. The van der Waals surface area contributed by atoms with Crippen LogP contribution in [0.5, 0.6) is 0 Å². The van der Waals surface area contributed by atoms with Crippen molar-refractivity contribution in [3.05, 3.63) is 23.9 Å². The van der Waals surface area contributed by atoms with Gasteiger partial charge >= 0.3 is 6.03 Å². The van der Waals surface area contributed by atoms with Crippen LogP contribution in [0, 0.1) is 0 Å². The van der Waals surface area contributed by atoms with Crippen LogP contribution in [0.3, 0.4) is 0 Å². The number of anilines is 1. The lowest BCUT2D eigenvalue weighted by Crippen LogP contribution is -2.49. The van der Waals surface area contributed by atoms with Crippen LogP contribution in [0.25, 0.3) is 0 Å². The molecule has 3 fully saturated rings. The zero-order valence-corrected chi connectivity index (χ0v) is 14.9. The first-order chi connectivity index (χ1) is 12.3. The van der Waals surface area contributed by atoms with Crippen molar-refractivity contribution < 1.29 is 4.79 Å². The van der Waals surface area contributed by atoms with Gasteiger partial charge in [-0.3, -0.25) is 4.90 Å². The fourth-order valence-corrected chi connectivity index (χ4v) is 4.47. The van der Waals surface area contributed by atoms with E-state index in [0.29, 0.717) is 18.6 Å². The Kier molecular flexibility index (Phi) is 5.06. The third kappa shape index (κ3) is 3.89. The smallest absolute Gasteiger partial charge is 0.315 e. The number of rotatable bonds is 4. The lowest BCUT2D eigenvalue weighted by atomic mass is 9.99. The third-order valence-corrected chi connectivity index (χ3v) is 5.86. The molecule has 3 aliphatic rings. The summed E-state index contributed by atoms with van der Waals surface area (Å²) >= 11 is 0. The number of piperidine rings is 1. The molecular weight excluding hydrogens is 314 g/mol. The highest BCUT2D eigenvalue weighted by Crippen LogP contribution is 2.27. The molecule has 2 N–H and O–H groups in total. The minimum absolute atomic E-state index is 0.0546. The molecule has 136 valence electrons. The summed E-state index contributed by atoms with van der Waals surface area (Å²) in [6, 6.07) is 4.93. The monoisotopic (exact) mass is 343 g/mol. The lowest BCUT2D eigenvalue weighted by molar-refractivity contribution is 0.179. The molecule has 0 spiro atoms. The zero-order chi connectivity index (χ0) is 17.1. The van der Waals surface area contributed by atoms with Gasteiger partial charge < -0.3 is 15.5 Å². The van der Waals surface area contributed by atoms with E-state index in [9.17, 15) is 4.79 Å². The molecule has 3 saturated heterocycles. The van der Waals surface area contributed by atoms with Crippen LogP contribution in [0.4, 0.5) is 10.6 Å². The van der Waals surface area contributed by atoms with Crippen LogP contribution in [0.1, 0.15) is 44.1 Å². The fourth-order valence-electron chi connectivity index (χ4n) is 4.47. The summed E-state index contributed by atoms with van der Waals surface area (Å²) in [5, 5.41) is 6.17. The van der Waals surface area contributed by atoms with Crippen molar-refractivity contribution in [2.45, 2.75) is 57.2 Å². The maximum absolute atomic E-state index is 12.3. The molecule has 1 aromatic heterocycles. The SMILES string of the molecule is O=C(NCc1ccc(N2CCCC2)nc1)N[C@@H]1CCN2CCCC[C@@H]12. The van der Waals surface area contributed by atoms with Gasteiger partial charge in [-0.1, -0.05) is 12.5 Å². The fraction of sp³-hybridized carbons (Fsp3) is 0.684. The van der Waals surface area contributed by atoms with Gasteiger partial charge in [-0.05, 0) is 50.3 Å². The molecule has 6 nitrogen and oxygen atoms in total. The van der Waals surface area contributed by atoms with Crippen LogP contribution in [0.2, 0.25) is 0 Å². The normalized spacial score (nSPS) is 26.5. The van der Waals surface area contributed by atoms with Gasteiger partial charge in [0.1, 0.15) is 5.82 Å². The summed E-state index contributed by atoms with van der Waals surface area (Å²) in [6.45, 7) is 5.05. The number of nitrogens with one attached hydrogen (secondary N) is 2. The molecule has 25 heavy (non-hydrogen) atoms. The van der Waals surface area contributed by atoms with E-state index in [4.69, 9.17) is 0 Å². The van der Waals surface area contributed by atoms with E-state index in [1.165, 1.54) is 38.6 Å². The first kappa shape index (κ1) is 16.6. The van der Waals surface area contributed by atoms with Crippen LogP contribution in [-0.4, -0.2) is 54.2 Å². The number of amides is 2. The Labute approximate surface area is 150 Å². The minimum Gasteiger partial charge on any atom is -0.357 e. The second-order valence-corrected chi connectivity index (χ2v) is 7.54. The van der Waals surface area contributed by atoms with Gasteiger partial charge in [0.25, 0.3) is 0 Å². The first-order valence-corrected chi connectivity index (χ1v) is 9.78. The molecule has 2 amide bonds. The van der Waals surface area contributed by atoms with Gasteiger partial charge in [0, 0.05) is 44.5 Å². The number of carbonyl (C=O) groups is 1. The van der Waals surface area contributed by atoms with Crippen molar-refractivity contribution in [2.24, 2.45) is 0 Å². The predicted octanol–water partition coefficient (Wildman–Crippen LogP) is 2.11. The maximum Gasteiger partial charge on any atom is 0.315 e. The molecule has 0 bridgehead atoms. The number of fused-ring (bicyclic) bond motifs is 1.